The van der Waals surface area contributed by atoms with Crippen molar-refractivity contribution in [3.8, 4) is 0 Å². The normalized spacial score (nSPS) is 10.5. The van der Waals surface area contributed by atoms with Crippen molar-refractivity contribution in [2.45, 2.75) is 6.54 Å². The van der Waals surface area contributed by atoms with Crippen molar-refractivity contribution >= 4 is 11.7 Å². The number of carbonyl (C=O) groups is 2. The van der Waals surface area contributed by atoms with Gasteiger partial charge in [-0.3, -0.25) is 14.6 Å². The number of benzene rings is 1. The molecule has 25 heavy (non-hydrogen) atoms. The van der Waals surface area contributed by atoms with E-state index in [0.717, 1.165) is 17.7 Å². The highest BCUT2D eigenvalue weighted by atomic mass is 19.1. The van der Waals surface area contributed by atoms with Gasteiger partial charge in [0.15, 0.2) is 5.78 Å². The minimum atomic E-state index is -0.949. The maximum atomic E-state index is 13.7. The Hall–Kier alpha value is -3.35. The van der Waals surface area contributed by atoms with Crippen LogP contribution >= 0.6 is 0 Å². The Labute approximate surface area is 141 Å². The number of aromatic nitrogens is 2. The van der Waals surface area contributed by atoms with E-state index in [4.69, 9.17) is 0 Å². The highest BCUT2D eigenvalue weighted by Gasteiger charge is 2.21. The first-order valence-corrected chi connectivity index (χ1v) is 7.40. The molecule has 3 aromatic rings. The Kier molecular flexibility index (Phi) is 4.65. The SMILES string of the molecule is O=C(NCc1ccncc1)c1cc(C(=O)c2c(F)cccc2F)c[nH]1. The molecule has 0 unspecified atom stereocenters. The number of aromatic amines is 1. The fourth-order valence-electron chi connectivity index (χ4n) is 2.29. The van der Waals surface area contributed by atoms with Crippen LogP contribution in [-0.4, -0.2) is 21.7 Å². The molecule has 0 aliphatic carbocycles. The van der Waals surface area contributed by atoms with Crippen LogP contribution in [0.1, 0.15) is 32.0 Å². The third-order valence-corrected chi connectivity index (χ3v) is 3.58. The average molecular weight is 341 g/mol. The highest BCUT2D eigenvalue weighted by Crippen LogP contribution is 2.17. The third kappa shape index (κ3) is 3.60. The smallest absolute Gasteiger partial charge is 0.267 e. The number of pyridine rings is 1. The number of nitrogens with zero attached hydrogens (tertiary/aromatic N) is 1. The van der Waals surface area contributed by atoms with Crippen LogP contribution in [-0.2, 0) is 6.54 Å². The van der Waals surface area contributed by atoms with Crippen LogP contribution in [0.25, 0.3) is 0 Å². The third-order valence-electron chi connectivity index (χ3n) is 3.58. The lowest BCUT2D eigenvalue weighted by molar-refractivity contribution is 0.0946. The fraction of sp³-hybridized carbons (Fsp3) is 0.0556. The van der Waals surface area contributed by atoms with Gasteiger partial charge in [-0.1, -0.05) is 6.07 Å². The second-order valence-electron chi connectivity index (χ2n) is 5.27. The van der Waals surface area contributed by atoms with Crippen molar-refractivity contribution in [2.24, 2.45) is 0 Å². The Morgan fingerprint density at radius 3 is 2.44 bits per heavy atom. The minimum absolute atomic E-state index is 0.00180. The Bertz CT molecular complexity index is 903. The number of rotatable bonds is 5. The number of amides is 1. The first kappa shape index (κ1) is 16.5. The monoisotopic (exact) mass is 341 g/mol. The van der Waals surface area contributed by atoms with Gasteiger partial charge in [0.25, 0.3) is 5.91 Å². The summed E-state index contributed by atoms with van der Waals surface area (Å²) in [4.78, 5) is 30.9. The van der Waals surface area contributed by atoms with Gasteiger partial charge in [-0.05, 0) is 35.9 Å². The van der Waals surface area contributed by atoms with Crippen molar-refractivity contribution in [1.29, 1.82) is 0 Å². The molecule has 0 aliphatic heterocycles. The van der Waals surface area contributed by atoms with Gasteiger partial charge in [0.05, 0.1) is 5.56 Å². The molecule has 2 N–H and O–H groups in total. The molecule has 0 spiro atoms. The molecule has 0 radical (unpaired) electrons. The number of hydrogen-bond donors (Lipinski definition) is 2. The number of H-pyrrole nitrogens is 1. The van der Waals surface area contributed by atoms with Crippen LogP contribution in [0.4, 0.5) is 8.78 Å². The maximum absolute atomic E-state index is 13.7. The zero-order chi connectivity index (χ0) is 17.8. The summed E-state index contributed by atoms with van der Waals surface area (Å²) in [5.74, 6) is -3.17. The van der Waals surface area contributed by atoms with Crippen LogP contribution in [0.3, 0.4) is 0 Å². The molecule has 0 aliphatic rings. The lowest BCUT2D eigenvalue weighted by Gasteiger charge is -2.03. The van der Waals surface area contributed by atoms with Gasteiger partial charge in [0.2, 0.25) is 0 Å². The number of hydrogen-bond acceptors (Lipinski definition) is 3. The predicted molar refractivity (Wildman–Crippen MR) is 86.0 cm³/mol. The van der Waals surface area contributed by atoms with Gasteiger partial charge in [-0.15, -0.1) is 0 Å². The van der Waals surface area contributed by atoms with Gasteiger partial charge >= 0.3 is 0 Å². The number of nitrogens with one attached hydrogen (secondary N) is 2. The molecule has 126 valence electrons. The molecule has 7 heteroatoms. The van der Waals surface area contributed by atoms with E-state index in [1.54, 1.807) is 24.5 Å². The summed E-state index contributed by atoms with van der Waals surface area (Å²) < 4.78 is 27.4. The maximum Gasteiger partial charge on any atom is 0.267 e. The van der Waals surface area contributed by atoms with Gasteiger partial charge < -0.3 is 10.3 Å². The summed E-state index contributed by atoms with van der Waals surface area (Å²) in [6, 6.07) is 7.96. The van der Waals surface area contributed by atoms with Crippen LogP contribution < -0.4 is 5.32 Å². The molecule has 5 nitrogen and oxygen atoms in total. The molecule has 0 bridgehead atoms. The van der Waals surface area contributed by atoms with Crippen LogP contribution in [0, 0.1) is 11.6 Å². The summed E-state index contributed by atoms with van der Waals surface area (Å²) in [7, 11) is 0. The molecular weight excluding hydrogens is 328 g/mol. The molecule has 0 saturated heterocycles. The summed E-state index contributed by atoms with van der Waals surface area (Å²) >= 11 is 0. The second kappa shape index (κ2) is 7.04. The Balaban J connectivity index is 1.73. The van der Waals surface area contributed by atoms with Crippen LogP contribution in [0.15, 0.2) is 55.0 Å². The van der Waals surface area contributed by atoms with Crippen molar-refractivity contribution in [1.82, 2.24) is 15.3 Å². The first-order valence-electron chi connectivity index (χ1n) is 7.40. The van der Waals surface area contributed by atoms with E-state index in [0.29, 0.717) is 0 Å². The molecule has 2 heterocycles. The number of halogens is 2. The molecule has 1 amide bonds. The van der Waals surface area contributed by atoms with E-state index in [1.807, 2.05) is 0 Å². The molecule has 2 aromatic heterocycles. The largest absolute Gasteiger partial charge is 0.356 e. The summed E-state index contributed by atoms with van der Waals surface area (Å²) in [6.45, 7) is 0.283. The van der Waals surface area contributed by atoms with Gasteiger partial charge in [-0.25, -0.2) is 8.78 Å². The van der Waals surface area contributed by atoms with Crippen molar-refractivity contribution in [3.63, 3.8) is 0 Å². The van der Waals surface area contributed by atoms with Crippen molar-refractivity contribution < 1.29 is 18.4 Å². The molecule has 0 fully saturated rings. The summed E-state index contributed by atoms with van der Waals surface area (Å²) in [6.07, 6.45) is 4.46. The van der Waals surface area contributed by atoms with Crippen LogP contribution in [0.5, 0.6) is 0 Å². The lowest BCUT2D eigenvalue weighted by atomic mass is 10.0. The average Bonchev–Trinajstić information content (AvgIpc) is 3.10. The van der Waals surface area contributed by atoms with E-state index in [2.05, 4.69) is 15.3 Å². The van der Waals surface area contributed by atoms with Crippen LogP contribution in [0.2, 0.25) is 0 Å². The van der Waals surface area contributed by atoms with E-state index in [-0.39, 0.29) is 17.8 Å². The van der Waals surface area contributed by atoms with Crippen molar-refractivity contribution in [3.05, 3.63) is 89.0 Å². The van der Waals surface area contributed by atoms with E-state index >= 15 is 0 Å². The summed E-state index contributed by atoms with van der Waals surface area (Å²) in [5, 5.41) is 2.67. The zero-order valence-corrected chi connectivity index (χ0v) is 12.9. The fourth-order valence-corrected chi connectivity index (χ4v) is 2.29. The first-order chi connectivity index (χ1) is 12.1. The predicted octanol–water partition coefficient (Wildman–Crippen LogP) is 2.85. The quantitative estimate of drug-likeness (QED) is 0.701. The Morgan fingerprint density at radius 2 is 1.76 bits per heavy atom. The van der Waals surface area contributed by atoms with E-state index in [1.165, 1.54) is 18.3 Å². The topological polar surface area (TPSA) is 74.8 Å². The van der Waals surface area contributed by atoms with Gasteiger partial charge in [0.1, 0.15) is 17.3 Å². The molecule has 0 atom stereocenters. The Morgan fingerprint density at radius 1 is 1.08 bits per heavy atom. The molecular formula is C18H13F2N3O2. The molecule has 1 aromatic carbocycles. The number of carbonyl (C=O) groups excluding carboxylic acids is 2. The zero-order valence-electron chi connectivity index (χ0n) is 12.9. The second-order valence-corrected chi connectivity index (χ2v) is 5.27. The summed E-state index contributed by atoms with van der Waals surface area (Å²) in [5.41, 5.74) is 0.331. The standard InChI is InChI=1S/C18H13F2N3O2/c19-13-2-1-3-14(20)16(13)17(24)12-8-15(22-10-12)18(25)23-9-11-4-6-21-7-5-11/h1-8,10,22H,9H2,(H,23,25). The molecule has 0 saturated carbocycles. The lowest BCUT2D eigenvalue weighted by Crippen LogP contribution is -2.23. The minimum Gasteiger partial charge on any atom is -0.356 e. The van der Waals surface area contributed by atoms with Gasteiger partial charge in [0, 0.05) is 30.7 Å². The van der Waals surface area contributed by atoms with Crippen molar-refractivity contribution in [2.75, 3.05) is 0 Å². The molecule has 3 rings (SSSR count). The highest BCUT2D eigenvalue weighted by molar-refractivity contribution is 6.10. The number of ketones is 1. The van der Waals surface area contributed by atoms with Gasteiger partial charge in [-0.2, -0.15) is 0 Å². The van der Waals surface area contributed by atoms with E-state index < -0.39 is 28.9 Å². The van der Waals surface area contributed by atoms with E-state index in [9.17, 15) is 18.4 Å².